The summed E-state index contributed by atoms with van der Waals surface area (Å²) in [5.74, 6) is -0.0730. The second kappa shape index (κ2) is 14.7. The van der Waals surface area contributed by atoms with Crippen LogP contribution in [0.15, 0.2) is 158 Å². The maximum absolute atomic E-state index is 16.5. The fraction of sp³-hybridized carbons (Fsp3) is 0.111. The van der Waals surface area contributed by atoms with E-state index >= 15 is 4.39 Å². The minimum Gasteiger partial charge on any atom is -0.505 e. The van der Waals surface area contributed by atoms with E-state index in [0.717, 1.165) is 27.8 Å². The van der Waals surface area contributed by atoms with Gasteiger partial charge < -0.3 is 19.7 Å². The molecule has 256 valence electrons. The number of nitriles is 1. The lowest BCUT2D eigenvalue weighted by Crippen LogP contribution is -2.39. The average molecular weight is 685 g/mol. The molecule has 0 saturated heterocycles. The molecule has 0 saturated carbocycles. The molecule has 1 unspecified atom stereocenters. The first-order chi connectivity index (χ1) is 25.5. The van der Waals surface area contributed by atoms with Crippen LogP contribution in [0.1, 0.15) is 52.2 Å². The van der Waals surface area contributed by atoms with E-state index in [2.05, 4.69) is 52.4 Å². The summed E-state index contributed by atoms with van der Waals surface area (Å²) in [6.07, 6.45) is 2.59. The first-order valence-corrected chi connectivity index (χ1v) is 17.2. The van der Waals surface area contributed by atoms with Gasteiger partial charge in [0.25, 0.3) is 0 Å². The Morgan fingerprint density at radius 1 is 0.808 bits per heavy atom. The van der Waals surface area contributed by atoms with Crippen LogP contribution in [-0.2, 0) is 12.0 Å². The maximum Gasteiger partial charge on any atom is 0.170 e. The SMILES string of the molecule is CCc1cc(O)c(F)c(C(Nc2ccc(C#N)cc2)c2nc(-c3ccccc3OC)cn2C(c2ccccc2)(c2ccccc2)c2ccccc2)c1. The lowest BCUT2D eigenvalue weighted by atomic mass is 9.76. The molecule has 6 nitrogen and oxygen atoms in total. The van der Waals surface area contributed by atoms with Crippen molar-refractivity contribution in [2.24, 2.45) is 0 Å². The molecule has 0 fully saturated rings. The van der Waals surface area contributed by atoms with E-state index in [1.807, 2.05) is 92.0 Å². The minimum atomic E-state index is -1.02. The van der Waals surface area contributed by atoms with Gasteiger partial charge in [0.15, 0.2) is 11.6 Å². The van der Waals surface area contributed by atoms with Crippen molar-refractivity contribution in [2.75, 3.05) is 12.4 Å². The number of hydrogen-bond donors (Lipinski definition) is 2. The molecule has 0 spiro atoms. The molecule has 0 radical (unpaired) electrons. The summed E-state index contributed by atoms with van der Waals surface area (Å²) in [7, 11) is 1.63. The van der Waals surface area contributed by atoms with Crippen molar-refractivity contribution in [1.29, 1.82) is 5.26 Å². The Hall–Kier alpha value is -6.65. The number of phenols is 1. The Morgan fingerprint density at radius 2 is 1.37 bits per heavy atom. The van der Waals surface area contributed by atoms with Crippen LogP contribution in [0.2, 0.25) is 0 Å². The van der Waals surface area contributed by atoms with Gasteiger partial charge in [0.05, 0.1) is 24.4 Å². The number of aromatic nitrogens is 2. The minimum absolute atomic E-state index is 0.225. The zero-order valence-corrected chi connectivity index (χ0v) is 28.9. The second-order valence-corrected chi connectivity index (χ2v) is 12.5. The number of ether oxygens (including phenoxy) is 1. The molecule has 52 heavy (non-hydrogen) atoms. The molecule has 7 aromatic rings. The number of nitrogens with one attached hydrogen (secondary N) is 1. The van der Waals surface area contributed by atoms with Crippen molar-refractivity contribution in [3.05, 3.63) is 203 Å². The Morgan fingerprint density at radius 3 is 1.90 bits per heavy atom. The number of rotatable bonds is 11. The van der Waals surface area contributed by atoms with Gasteiger partial charge >= 0.3 is 0 Å². The van der Waals surface area contributed by atoms with Crippen molar-refractivity contribution in [3.8, 4) is 28.8 Å². The van der Waals surface area contributed by atoms with Gasteiger partial charge in [-0.3, -0.25) is 0 Å². The molecule has 2 N–H and O–H groups in total. The molecule has 0 aliphatic rings. The Bertz CT molecular complexity index is 2240. The Kier molecular flexibility index (Phi) is 9.55. The number of imidazole rings is 1. The predicted molar refractivity (Wildman–Crippen MR) is 203 cm³/mol. The molecule has 6 aromatic carbocycles. The van der Waals surface area contributed by atoms with E-state index in [-0.39, 0.29) is 5.56 Å². The van der Waals surface area contributed by atoms with Gasteiger partial charge in [-0.15, -0.1) is 0 Å². The summed E-state index contributed by atoms with van der Waals surface area (Å²) in [6.45, 7) is 1.96. The zero-order valence-electron chi connectivity index (χ0n) is 28.9. The van der Waals surface area contributed by atoms with Crippen LogP contribution >= 0.6 is 0 Å². The van der Waals surface area contributed by atoms with E-state index in [1.54, 1.807) is 37.4 Å². The first-order valence-electron chi connectivity index (χ1n) is 17.2. The molecule has 1 atom stereocenters. The molecule has 0 bridgehead atoms. The molecule has 7 heteroatoms. The van der Waals surface area contributed by atoms with Crippen LogP contribution in [0.5, 0.6) is 11.5 Å². The van der Waals surface area contributed by atoms with E-state index in [0.29, 0.717) is 34.9 Å². The number of anilines is 1. The third kappa shape index (κ3) is 6.16. The number of para-hydroxylation sites is 1. The highest BCUT2D eigenvalue weighted by atomic mass is 19.1. The number of benzene rings is 6. The fourth-order valence-electron chi connectivity index (χ4n) is 7.00. The molecular weight excluding hydrogens is 648 g/mol. The summed E-state index contributed by atoms with van der Waals surface area (Å²) in [5, 5.41) is 24.1. The van der Waals surface area contributed by atoms with Crippen molar-refractivity contribution in [1.82, 2.24) is 9.55 Å². The lowest BCUT2D eigenvalue weighted by Gasteiger charge is -2.39. The van der Waals surface area contributed by atoms with E-state index in [9.17, 15) is 10.4 Å². The van der Waals surface area contributed by atoms with Crippen molar-refractivity contribution >= 4 is 5.69 Å². The second-order valence-electron chi connectivity index (χ2n) is 12.5. The average Bonchev–Trinajstić information content (AvgIpc) is 3.65. The highest BCUT2D eigenvalue weighted by Crippen LogP contribution is 2.46. The summed E-state index contributed by atoms with van der Waals surface area (Å²) in [4.78, 5) is 5.38. The van der Waals surface area contributed by atoms with E-state index < -0.39 is 23.1 Å². The van der Waals surface area contributed by atoms with Crippen molar-refractivity contribution < 1.29 is 14.2 Å². The van der Waals surface area contributed by atoms with Crippen LogP contribution in [0.25, 0.3) is 11.3 Å². The van der Waals surface area contributed by atoms with Gasteiger partial charge in [0.1, 0.15) is 23.2 Å². The molecule has 7 rings (SSSR count). The zero-order chi connectivity index (χ0) is 36.1. The number of hydrogen-bond acceptors (Lipinski definition) is 5. The largest absolute Gasteiger partial charge is 0.505 e. The van der Waals surface area contributed by atoms with Crippen LogP contribution in [0.3, 0.4) is 0 Å². The summed E-state index contributed by atoms with van der Waals surface area (Å²) in [5.41, 5.74) is 5.36. The Balaban J connectivity index is 1.63. The third-order valence-electron chi connectivity index (χ3n) is 9.50. The quantitative estimate of drug-likeness (QED) is 0.133. The number of aromatic hydroxyl groups is 1. The number of halogens is 1. The number of aryl methyl sites for hydroxylation is 1. The van der Waals surface area contributed by atoms with Crippen molar-refractivity contribution in [2.45, 2.75) is 24.9 Å². The standard InChI is InChI=1S/C45H37FN4O2/c1-3-31-27-38(42(46)40(51)28-31)43(48-36-25-23-32(29-47)24-26-36)44-49-39(37-21-13-14-22-41(37)52-2)30-50(44)45(33-15-7-4-8-16-33,34-17-9-5-10-18-34)35-19-11-6-12-20-35/h4-28,30,43,48,51H,3H2,1-2H3. The number of phenolic OH excluding ortho intramolecular Hbond substituents is 1. The maximum atomic E-state index is 16.5. The van der Waals surface area contributed by atoms with Crippen LogP contribution in [0.4, 0.5) is 10.1 Å². The van der Waals surface area contributed by atoms with Crippen LogP contribution < -0.4 is 10.1 Å². The van der Waals surface area contributed by atoms with Gasteiger partial charge in [0.2, 0.25) is 0 Å². The fourth-order valence-corrected chi connectivity index (χ4v) is 7.00. The molecule has 0 amide bonds. The van der Waals surface area contributed by atoms with Gasteiger partial charge in [-0.2, -0.15) is 5.26 Å². The van der Waals surface area contributed by atoms with Gasteiger partial charge in [-0.1, -0.05) is 116 Å². The number of nitrogens with zero attached hydrogens (tertiary/aromatic N) is 3. The highest BCUT2D eigenvalue weighted by Gasteiger charge is 2.42. The topological polar surface area (TPSA) is 83.1 Å². The molecule has 0 aliphatic heterocycles. The Labute approximate surface area is 303 Å². The van der Waals surface area contributed by atoms with E-state index in [1.165, 1.54) is 6.07 Å². The molecule has 1 aromatic heterocycles. The normalized spacial score (nSPS) is 11.8. The van der Waals surface area contributed by atoms with Gasteiger partial charge in [-0.25, -0.2) is 9.37 Å². The number of methoxy groups -OCH3 is 1. The summed E-state index contributed by atoms with van der Waals surface area (Å²) >= 11 is 0. The smallest absolute Gasteiger partial charge is 0.170 e. The highest BCUT2D eigenvalue weighted by molar-refractivity contribution is 5.68. The van der Waals surface area contributed by atoms with E-state index in [4.69, 9.17) is 9.72 Å². The monoisotopic (exact) mass is 684 g/mol. The van der Waals surface area contributed by atoms with Crippen LogP contribution in [-0.4, -0.2) is 21.8 Å². The summed E-state index contributed by atoms with van der Waals surface area (Å²) < 4.78 is 24.5. The first kappa shape index (κ1) is 33.8. The van der Waals surface area contributed by atoms with Gasteiger partial charge in [-0.05, 0) is 71.1 Å². The molecule has 0 aliphatic carbocycles. The predicted octanol–water partition coefficient (Wildman–Crippen LogP) is 9.88. The molecule has 1 heterocycles. The van der Waals surface area contributed by atoms with Crippen LogP contribution in [0, 0.1) is 17.1 Å². The third-order valence-corrected chi connectivity index (χ3v) is 9.50. The molecular formula is C45H37FN4O2. The summed E-state index contributed by atoms with van der Waals surface area (Å²) in [6, 6.07) is 49.8. The van der Waals surface area contributed by atoms with Gasteiger partial charge in [0, 0.05) is 23.0 Å². The lowest BCUT2D eigenvalue weighted by molar-refractivity contribution is 0.416. The van der Waals surface area contributed by atoms with Crippen molar-refractivity contribution in [3.63, 3.8) is 0 Å².